The van der Waals surface area contributed by atoms with Crippen molar-refractivity contribution in [1.82, 2.24) is 19.5 Å². The van der Waals surface area contributed by atoms with Crippen molar-refractivity contribution in [3.05, 3.63) is 29.7 Å². The Balaban J connectivity index is 2.25. The molecule has 16 heavy (non-hydrogen) atoms. The van der Waals surface area contributed by atoms with Crippen LogP contribution < -0.4 is 0 Å². The molecule has 2 heterocycles. The second-order valence-electron chi connectivity index (χ2n) is 3.96. The van der Waals surface area contributed by atoms with Gasteiger partial charge in [-0.25, -0.2) is 9.50 Å². The van der Waals surface area contributed by atoms with Crippen molar-refractivity contribution in [3.63, 3.8) is 0 Å². The zero-order chi connectivity index (χ0) is 11.5. The van der Waals surface area contributed by atoms with Crippen LogP contribution >= 0.6 is 0 Å². The van der Waals surface area contributed by atoms with Gasteiger partial charge in [-0.05, 0) is 26.2 Å². The van der Waals surface area contributed by atoms with Crippen molar-refractivity contribution >= 4 is 11.9 Å². The lowest BCUT2D eigenvalue weighted by Gasteiger charge is -2.05. The molecule has 0 aromatic carbocycles. The highest BCUT2D eigenvalue weighted by molar-refractivity contribution is 5.74. The van der Waals surface area contributed by atoms with E-state index >= 15 is 0 Å². The van der Waals surface area contributed by atoms with E-state index in [1.54, 1.807) is 22.8 Å². The topological polar surface area (TPSA) is 50.5 Å². The summed E-state index contributed by atoms with van der Waals surface area (Å²) in [5, 5.41) is 4.31. The van der Waals surface area contributed by atoms with Crippen LogP contribution in [0.3, 0.4) is 0 Å². The lowest BCUT2D eigenvalue weighted by atomic mass is 10.3. The van der Waals surface area contributed by atoms with Crippen LogP contribution in [-0.4, -0.2) is 46.4 Å². The maximum Gasteiger partial charge on any atom is 0.155 e. The molecule has 0 bridgehead atoms. The SMILES string of the molecule is CN(C)CCc1nc2ccc(C=O)cn2n1. The van der Waals surface area contributed by atoms with Crippen molar-refractivity contribution in [2.45, 2.75) is 6.42 Å². The molecule has 0 atom stereocenters. The second kappa shape index (κ2) is 4.40. The van der Waals surface area contributed by atoms with Gasteiger partial charge in [0.1, 0.15) is 0 Å². The smallest absolute Gasteiger partial charge is 0.155 e. The molecule has 0 N–H and O–H groups in total. The summed E-state index contributed by atoms with van der Waals surface area (Å²) in [6.45, 7) is 0.914. The lowest BCUT2D eigenvalue weighted by molar-refractivity contribution is 0.112. The third-order valence-corrected chi connectivity index (χ3v) is 2.32. The van der Waals surface area contributed by atoms with E-state index in [9.17, 15) is 4.79 Å². The summed E-state index contributed by atoms with van der Waals surface area (Å²) < 4.78 is 1.65. The number of nitrogens with zero attached hydrogens (tertiary/aromatic N) is 4. The van der Waals surface area contributed by atoms with Crippen molar-refractivity contribution in [3.8, 4) is 0 Å². The van der Waals surface area contributed by atoms with E-state index in [2.05, 4.69) is 15.0 Å². The highest BCUT2D eigenvalue weighted by Crippen LogP contribution is 2.04. The van der Waals surface area contributed by atoms with Crippen LogP contribution in [0, 0.1) is 0 Å². The molecular formula is C11H14N4O. The number of likely N-dealkylation sites (N-methyl/N-ethyl adjacent to an activating group) is 1. The van der Waals surface area contributed by atoms with E-state index in [1.807, 2.05) is 14.1 Å². The third kappa shape index (κ3) is 2.25. The molecule has 0 unspecified atom stereocenters. The average molecular weight is 218 g/mol. The predicted molar refractivity (Wildman–Crippen MR) is 60.6 cm³/mol. The molecule has 0 amide bonds. The van der Waals surface area contributed by atoms with Crippen LogP contribution in [0.15, 0.2) is 18.3 Å². The molecule has 5 heteroatoms. The Bertz CT molecular complexity index is 504. The van der Waals surface area contributed by atoms with Gasteiger partial charge in [-0.3, -0.25) is 4.79 Å². The molecule has 84 valence electrons. The Labute approximate surface area is 93.7 Å². The first kappa shape index (κ1) is 10.8. The normalized spacial score (nSPS) is 11.2. The molecule has 2 aromatic rings. The van der Waals surface area contributed by atoms with Gasteiger partial charge in [0.15, 0.2) is 17.8 Å². The summed E-state index contributed by atoms with van der Waals surface area (Å²) in [6, 6.07) is 3.54. The maximum atomic E-state index is 10.6. The Hall–Kier alpha value is -1.75. The van der Waals surface area contributed by atoms with Gasteiger partial charge in [-0.1, -0.05) is 0 Å². The van der Waals surface area contributed by atoms with Crippen molar-refractivity contribution in [2.24, 2.45) is 0 Å². The van der Waals surface area contributed by atoms with Crippen LogP contribution in [0.25, 0.3) is 5.65 Å². The number of hydrogen-bond donors (Lipinski definition) is 0. The molecule has 0 radical (unpaired) electrons. The molecule has 0 aliphatic heterocycles. The van der Waals surface area contributed by atoms with E-state index in [4.69, 9.17) is 0 Å². The fourth-order valence-corrected chi connectivity index (χ4v) is 1.44. The van der Waals surface area contributed by atoms with Crippen LogP contribution in [0.1, 0.15) is 16.2 Å². The minimum Gasteiger partial charge on any atom is -0.309 e. The highest BCUT2D eigenvalue weighted by Gasteiger charge is 2.04. The number of fused-ring (bicyclic) bond motifs is 1. The van der Waals surface area contributed by atoms with Gasteiger partial charge in [0.25, 0.3) is 0 Å². The number of pyridine rings is 1. The zero-order valence-corrected chi connectivity index (χ0v) is 9.42. The number of carbonyl (C=O) groups is 1. The number of aldehydes is 1. The second-order valence-corrected chi connectivity index (χ2v) is 3.96. The molecule has 0 spiro atoms. The highest BCUT2D eigenvalue weighted by atomic mass is 16.1. The first-order valence-electron chi connectivity index (χ1n) is 5.14. The van der Waals surface area contributed by atoms with E-state index in [-0.39, 0.29) is 0 Å². The molecule has 2 aromatic heterocycles. The van der Waals surface area contributed by atoms with E-state index < -0.39 is 0 Å². The molecule has 0 aliphatic carbocycles. The molecule has 0 aliphatic rings. The van der Waals surface area contributed by atoms with Crippen LogP contribution in [0.2, 0.25) is 0 Å². The Kier molecular flexibility index (Phi) is 2.96. The van der Waals surface area contributed by atoms with Gasteiger partial charge in [-0.15, -0.1) is 0 Å². The van der Waals surface area contributed by atoms with Gasteiger partial charge >= 0.3 is 0 Å². The van der Waals surface area contributed by atoms with Crippen molar-refractivity contribution < 1.29 is 4.79 Å². The predicted octanol–water partition coefficient (Wildman–Crippen LogP) is 0.646. The van der Waals surface area contributed by atoms with Crippen molar-refractivity contribution in [1.29, 1.82) is 0 Å². The Morgan fingerprint density at radius 2 is 2.25 bits per heavy atom. The van der Waals surface area contributed by atoms with E-state index in [1.165, 1.54) is 0 Å². The standard InChI is InChI=1S/C11H14N4O/c1-14(2)6-5-10-12-11-4-3-9(8-16)7-15(11)13-10/h3-4,7-8H,5-6H2,1-2H3. The Morgan fingerprint density at radius 1 is 1.44 bits per heavy atom. The molecule has 0 saturated carbocycles. The summed E-state index contributed by atoms with van der Waals surface area (Å²) in [7, 11) is 4.03. The van der Waals surface area contributed by atoms with Crippen LogP contribution in [-0.2, 0) is 6.42 Å². The maximum absolute atomic E-state index is 10.6. The summed E-state index contributed by atoms with van der Waals surface area (Å²) >= 11 is 0. The fourth-order valence-electron chi connectivity index (χ4n) is 1.44. The number of aromatic nitrogens is 3. The molecule has 2 rings (SSSR count). The number of hydrogen-bond acceptors (Lipinski definition) is 4. The van der Waals surface area contributed by atoms with Gasteiger partial charge in [0.2, 0.25) is 0 Å². The monoisotopic (exact) mass is 218 g/mol. The quantitative estimate of drug-likeness (QED) is 0.707. The molecule has 5 nitrogen and oxygen atoms in total. The zero-order valence-electron chi connectivity index (χ0n) is 9.42. The largest absolute Gasteiger partial charge is 0.309 e. The van der Waals surface area contributed by atoms with E-state index in [0.717, 1.165) is 30.7 Å². The van der Waals surface area contributed by atoms with Gasteiger partial charge in [-0.2, -0.15) is 5.10 Å². The fraction of sp³-hybridized carbons (Fsp3) is 0.364. The summed E-state index contributed by atoms with van der Waals surface area (Å²) in [6.07, 6.45) is 3.31. The molecule has 0 saturated heterocycles. The first-order chi connectivity index (χ1) is 7.69. The minimum absolute atomic E-state index is 0.608. The third-order valence-electron chi connectivity index (χ3n) is 2.32. The van der Waals surface area contributed by atoms with Gasteiger partial charge in [0, 0.05) is 24.7 Å². The summed E-state index contributed by atoms with van der Waals surface area (Å²) in [5.74, 6) is 0.803. The van der Waals surface area contributed by atoms with Crippen LogP contribution in [0.5, 0.6) is 0 Å². The molecule has 0 fully saturated rings. The summed E-state index contributed by atoms with van der Waals surface area (Å²) in [5.41, 5.74) is 1.39. The number of carbonyl (C=O) groups excluding carboxylic acids is 1. The lowest BCUT2D eigenvalue weighted by Crippen LogP contribution is -2.15. The number of rotatable bonds is 4. The first-order valence-corrected chi connectivity index (χ1v) is 5.14. The van der Waals surface area contributed by atoms with Crippen molar-refractivity contribution in [2.75, 3.05) is 20.6 Å². The average Bonchev–Trinajstić information content (AvgIpc) is 2.67. The van der Waals surface area contributed by atoms with Gasteiger partial charge < -0.3 is 4.90 Å². The van der Waals surface area contributed by atoms with E-state index in [0.29, 0.717) is 5.56 Å². The summed E-state index contributed by atoms with van der Waals surface area (Å²) in [4.78, 5) is 17.1. The van der Waals surface area contributed by atoms with Crippen LogP contribution in [0.4, 0.5) is 0 Å². The Morgan fingerprint density at radius 3 is 2.94 bits per heavy atom. The molecular weight excluding hydrogens is 204 g/mol. The van der Waals surface area contributed by atoms with Gasteiger partial charge in [0.05, 0.1) is 0 Å². The minimum atomic E-state index is 0.608.